The second kappa shape index (κ2) is 3.83. The molecular weight excluding hydrogens is 248 g/mol. The highest BCUT2D eigenvalue weighted by molar-refractivity contribution is 8.15. The lowest BCUT2D eigenvalue weighted by Crippen LogP contribution is -2.69. The molecule has 0 amide bonds. The van der Waals surface area contributed by atoms with E-state index in [9.17, 15) is 9.59 Å². The SMILES string of the molecule is COC1(C)CC(C)(C2C(=O)SC(C)C2=O)C1(C)C. The molecule has 2 fully saturated rings. The van der Waals surface area contributed by atoms with Crippen molar-refractivity contribution in [1.29, 1.82) is 0 Å². The molecule has 1 aliphatic carbocycles. The van der Waals surface area contributed by atoms with Gasteiger partial charge in [-0.15, -0.1) is 0 Å². The Morgan fingerprint density at radius 3 is 2.11 bits per heavy atom. The van der Waals surface area contributed by atoms with Gasteiger partial charge in [-0.25, -0.2) is 0 Å². The molecule has 2 rings (SSSR count). The molecule has 0 bridgehead atoms. The smallest absolute Gasteiger partial charge is 0.200 e. The predicted molar refractivity (Wildman–Crippen MR) is 72.5 cm³/mol. The minimum atomic E-state index is -0.462. The highest BCUT2D eigenvalue weighted by Crippen LogP contribution is 2.68. The first kappa shape index (κ1) is 14.1. The molecule has 0 spiro atoms. The summed E-state index contributed by atoms with van der Waals surface area (Å²) in [7, 11) is 1.71. The number of carbonyl (C=O) groups is 2. The van der Waals surface area contributed by atoms with Crippen molar-refractivity contribution in [2.75, 3.05) is 7.11 Å². The number of rotatable bonds is 2. The Labute approximate surface area is 113 Å². The molecule has 2 aliphatic rings. The summed E-state index contributed by atoms with van der Waals surface area (Å²) >= 11 is 1.19. The molecule has 3 nitrogen and oxygen atoms in total. The van der Waals surface area contributed by atoms with Crippen molar-refractivity contribution in [2.24, 2.45) is 16.7 Å². The summed E-state index contributed by atoms with van der Waals surface area (Å²) in [5, 5.41) is -0.147. The fourth-order valence-corrected chi connectivity index (χ4v) is 4.77. The molecule has 18 heavy (non-hydrogen) atoms. The van der Waals surface area contributed by atoms with Crippen molar-refractivity contribution in [3.05, 3.63) is 0 Å². The van der Waals surface area contributed by atoms with E-state index in [1.807, 2.05) is 6.92 Å². The molecule has 0 aromatic carbocycles. The summed E-state index contributed by atoms with van der Waals surface area (Å²) in [6, 6.07) is 0. The molecule has 0 N–H and O–H groups in total. The monoisotopic (exact) mass is 270 g/mol. The maximum Gasteiger partial charge on any atom is 0.200 e. The Kier molecular flexibility index (Phi) is 2.99. The zero-order valence-electron chi connectivity index (χ0n) is 12.0. The Balaban J connectivity index is 2.36. The number of carbonyl (C=O) groups excluding carboxylic acids is 2. The van der Waals surface area contributed by atoms with Crippen LogP contribution in [-0.2, 0) is 14.3 Å². The van der Waals surface area contributed by atoms with E-state index in [4.69, 9.17) is 4.74 Å². The zero-order chi connectivity index (χ0) is 13.9. The van der Waals surface area contributed by atoms with E-state index < -0.39 is 5.92 Å². The third-order valence-electron chi connectivity index (χ3n) is 5.76. The first-order valence-electron chi connectivity index (χ1n) is 6.40. The van der Waals surface area contributed by atoms with Crippen molar-refractivity contribution in [3.63, 3.8) is 0 Å². The Hall–Kier alpha value is -0.350. The van der Waals surface area contributed by atoms with Crippen LogP contribution in [0, 0.1) is 16.7 Å². The van der Waals surface area contributed by atoms with Gasteiger partial charge in [-0.3, -0.25) is 9.59 Å². The lowest BCUT2D eigenvalue weighted by molar-refractivity contribution is -0.259. The maximum atomic E-state index is 12.3. The van der Waals surface area contributed by atoms with Gasteiger partial charge in [0.05, 0.1) is 16.8 Å². The third kappa shape index (κ3) is 1.42. The van der Waals surface area contributed by atoms with E-state index in [0.29, 0.717) is 0 Å². The van der Waals surface area contributed by atoms with Crippen molar-refractivity contribution >= 4 is 22.7 Å². The van der Waals surface area contributed by atoms with Crippen LogP contribution in [0.15, 0.2) is 0 Å². The van der Waals surface area contributed by atoms with Crippen LogP contribution in [0.1, 0.15) is 41.0 Å². The van der Waals surface area contributed by atoms with Gasteiger partial charge in [0.15, 0.2) is 5.78 Å². The first-order valence-corrected chi connectivity index (χ1v) is 7.28. The molecule has 4 heteroatoms. The van der Waals surface area contributed by atoms with Gasteiger partial charge in [-0.2, -0.15) is 0 Å². The molecule has 1 aliphatic heterocycles. The van der Waals surface area contributed by atoms with Crippen LogP contribution in [0.4, 0.5) is 0 Å². The molecule has 1 saturated heterocycles. The summed E-state index contributed by atoms with van der Waals surface area (Å²) in [4.78, 5) is 24.4. The van der Waals surface area contributed by atoms with Gasteiger partial charge >= 0.3 is 0 Å². The lowest BCUT2D eigenvalue weighted by Gasteiger charge is -2.67. The zero-order valence-corrected chi connectivity index (χ0v) is 12.8. The van der Waals surface area contributed by atoms with Gasteiger partial charge < -0.3 is 4.74 Å². The first-order chi connectivity index (χ1) is 8.10. The Bertz CT molecular complexity index is 417. The molecule has 0 aromatic heterocycles. The van der Waals surface area contributed by atoms with Crippen LogP contribution >= 0.6 is 11.8 Å². The van der Waals surface area contributed by atoms with Crippen LogP contribution < -0.4 is 0 Å². The molecule has 1 saturated carbocycles. The van der Waals surface area contributed by atoms with Crippen molar-refractivity contribution in [1.82, 2.24) is 0 Å². The van der Waals surface area contributed by atoms with Gasteiger partial charge in [-0.05, 0) is 25.7 Å². The second-order valence-electron chi connectivity index (χ2n) is 6.57. The number of methoxy groups -OCH3 is 1. The van der Waals surface area contributed by atoms with Crippen LogP contribution in [0.25, 0.3) is 0 Å². The average molecular weight is 270 g/mol. The number of thioether (sulfide) groups is 1. The van der Waals surface area contributed by atoms with Gasteiger partial charge in [-0.1, -0.05) is 32.5 Å². The lowest BCUT2D eigenvalue weighted by atomic mass is 9.40. The summed E-state index contributed by atoms with van der Waals surface area (Å²) < 4.78 is 5.61. The Morgan fingerprint density at radius 2 is 1.78 bits per heavy atom. The molecule has 102 valence electrons. The second-order valence-corrected chi connectivity index (χ2v) is 7.91. The van der Waals surface area contributed by atoms with Crippen LogP contribution in [0.5, 0.6) is 0 Å². The van der Waals surface area contributed by atoms with Gasteiger partial charge in [0.1, 0.15) is 0 Å². The molecule has 4 unspecified atom stereocenters. The summed E-state index contributed by atoms with van der Waals surface area (Å²) in [5.41, 5.74) is -0.724. The van der Waals surface area contributed by atoms with Crippen LogP contribution in [0.2, 0.25) is 0 Å². The normalized spacial score (nSPS) is 47.2. The fraction of sp³-hybridized carbons (Fsp3) is 0.857. The van der Waals surface area contributed by atoms with Crippen molar-refractivity contribution in [3.8, 4) is 0 Å². The fourth-order valence-electron chi connectivity index (χ4n) is 3.66. The van der Waals surface area contributed by atoms with Crippen LogP contribution in [-0.4, -0.2) is 28.9 Å². The molecule has 4 atom stereocenters. The van der Waals surface area contributed by atoms with Gasteiger partial charge in [0, 0.05) is 12.5 Å². The maximum absolute atomic E-state index is 12.3. The standard InChI is InChI=1S/C14H22O3S/c1-8-10(15)9(11(16)18-8)13(4)7-14(5,17-6)12(13,2)3/h8-9H,7H2,1-6H3. The molecular formula is C14H22O3S. The number of ketones is 1. The predicted octanol–water partition coefficient (Wildman–Crippen LogP) is 2.67. The molecule has 0 aromatic rings. The van der Waals surface area contributed by atoms with Crippen molar-refractivity contribution < 1.29 is 14.3 Å². The minimum absolute atomic E-state index is 0.0428. The van der Waals surface area contributed by atoms with E-state index in [2.05, 4.69) is 27.7 Å². The number of ether oxygens (including phenoxy) is 1. The average Bonchev–Trinajstić information content (AvgIpc) is 2.52. The van der Waals surface area contributed by atoms with Crippen LogP contribution in [0.3, 0.4) is 0 Å². The summed E-state index contributed by atoms with van der Waals surface area (Å²) in [6.45, 7) is 10.2. The van der Waals surface area contributed by atoms with Gasteiger partial charge in [0.2, 0.25) is 5.12 Å². The summed E-state index contributed by atoms with van der Waals surface area (Å²) in [6.07, 6.45) is 0.763. The van der Waals surface area contributed by atoms with E-state index >= 15 is 0 Å². The van der Waals surface area contributed by atoms with Crippen molar-refractivity contribution in [2.45, 2.75) is 51.9 Å². The van der Waals surface area contributed by atoms with Gasteiger partial charge in [0.25, 0.3) is 0 Å². The number of Topliss-reactive ketones (excluding diaryl/α,β-unsaturated/α-hetero) is 1. The number of hydrogen-bond acceptors (Lipinski definition) is 4. The molecule has 0 radical (unpaired) electrons. The third-order valence-corrected chi connectivity index (χ3v) is 6.81. The van der Waals surface area contributed by atoms with E-state index in [1.54, 1.807) is 7.11 Å². The van der Waals surface area contributed by atoms with E-state index in [0.717, 1.165) is 6.42 Å². The largest absolute Gasteiger partial charge is 0.378 e. The number of hydrogen-bond donors (Lipinski definition) is 0. The van der Waals surface area contributed by atoms with E-state index in [1.165, 1.54) is 11.8 Å². The molecule has 1 heterocycles. The highest BCUT2D eigenvalue weighted by atomic mass is 32.2. The topological polar surface area (TPSA) is 43.4 Å². The Morgan fingerprint density at radius 1 is 1.22 bits per heavy atom. The summed E-state index contributed by atoms with van der Waals surface area (Å²) in [5.74, 6) is -0.366. The quantitative estimate of drug-likeness (QED) is 0.724. The highest BCUT2D eigenvalue weighted by Gasteiger charge is 2.71. The minimum Gasteiger partial charge on any atom is -0.378 e. The van der Waals surface area contributed by atoms with E-state index in [-0.39, 0.29) is 32.6 Å².